The molecule has 7 nitrogen and oxygen atoms in total. The number of benzene rings is 3. The number of hydrogen-bond acceptors (Lipinski definition) is 5. The molecule has 3 rings (SSSR count). The zero-order valence-corrected chi connectivity index (χ0v) is 18.2. The molecule has 0 fully saturated rings. The van der Waals surface area contributed by atoms with E-state index >= 15 is 0 Å². The van der Waals surface area contributed by atoms with Gasteiger partial charge in [0.05, 0.1) is 23.3 Å². The average molecular weight is 456 g/mol. The van der Waals surface area contributed by atoms with Crippen LogP contribution in [0.3, 0.4) is 0 Å². The van der Waals surface area contributed by atoms with E-state index in [0.29, 0.717) is 11.3 Å². The molecule has 3 aromatic rings. The standard InChI is InChI=1S/C23H21FN2O5S/c1-16-3-11-20(12-4-16)26(32(29,30)21-13-7-18(24)8-14-21)15-22(27)25-19-9-5-17(6-10-19)23(28)31-2/h3-14H,15H2,1-2H3,(H,25,27). The maximum Gasteiger partial charge on any atom is 0.337 e. The molecule has 0 heterocycles. The molecule has 0 aromatic heterocycles. The van der Waals surface area contributed by atoms with Crippen LogP contribution in [0.1, 0.15) is 15.9 Å². The molecule has 1 N–H and O–H groups in total. The third-order valence-electron chi connectivity index (χ3n) is 4.60. The fraction of sp³-hybridized carbons (Fsp3) is 0.130. The van der Waals surface area contributed by atoms with Crippen molar-refractivity contribution in [1.29, 1.82) is 0 Å². The number of esters is 1. The number of anilines is 2. The second kappa shape index (κ2) is 9.61. The number of carbonyl (C=O) groups is 2. The van der Waals surface area contributed by atoms with Gasteiger partial charge >= 0.3 is 5.97 Å². The zero-order chi connectivity index (χ0) is 23.3. The molecule has 0 atom stereocenters. The first-order valence-electron chi connectivity index (χ1n) is 9.54. The van der Waals surface area contributed by atoms with E-state index in [2.05, 4.69) is 10.1 Å². The highest BCUT2D eigenvalue weighted by Crippen LogP contribution is 2.24. The minimum absolute atomic E-state index is 0.144. The topological polar surface area (TPSA) is 92.8 Å². The molecule has 166 valence electrons. The van der Waals surface area contributed by atoms with Gasteiger partial charge in [0.15, 0.2) is 0 Å². The highest BCUT2D eigenvalue weighted by atomic mass is 32.2. The van der Waals surface area contributed by atoms with E-state index in [0.717, 1.165) is 34.1 Å². The van der Waals surface area contributed by atoms with E-state index in [4.69, 9.17) is 0 Å². The quantitative estimate of drug-likeness (QED) is 0.547. The van der Waals surface area contributed by atoms with Crippen molar-refractivity contribution in [1.82, 2.24) is 0 Å². The van der Waals surface area contributed by atoms with Crippen LogP contribution in [0.4, 0.5) is 15.8 Å². The lowest BCUT2D eigenvalue weighted by atomic mass is 10.2. The van der Waals surface area contributed by atoms with Gasteiger partial charge in [0.25, 0.3) is 10.0 Å². The van der Waals surface area contributed by atoms with Crippen LogP contribution in [-0.2, 0) is 19.6 Å². The number of hydrogen-bond donors (Lipinski definition) is 1. The van der Waals surface area contributed by atoms with Crippen LogP contribution < -0.4 is 9.62 Å². The molecule has 0 saturated carbocycles. The Labute approximate surface area is 185 Å². The third-order valence-corrected chi connectivity index (χ3v) is 6.39. The highest BCUT2D eigenvalue weighted by molar-refractivity contribution is 7.92. The SMILES string of the molecule is COC(=O)c1ccc(NC(=O)CN(c2ccc(C)cc2)S(=O)(=O)c2ccc(F)cc2)cc1. The van der Waals surface area contributed by atoms with E-state index < -0.39 is 34.3 Å². The van der Waals surface area contributed by atoms with Crippen molar-refractivity contribution in [3.63, 3.8) is 0 Å². The summed E-state index contributed by atoms with van der Waals surface area (Å²) in [5.41, 5.74) is 1.90. The number of ether oxygens (including phenoxy) is 1. The van der Waals surface area contributed by atoms with Crippen molar-refractivity contribution < 1.29 is 27.1 Å². The average Bonchev–Trinajstić information content (AvgIpc) is 2.78. The Morgan fingerprint density at radius 2 is 1.53 bits per heavy atom. The number of nitrogens with one attached hydrogen (secondary N) is 1. The summed E-state index contributed by atoms with van der Waals surface area (Å²) >= 11 is 0. The van der Waals surface area contributed by atoms with Gasteiger partial charge in [0.1, 0.15) is 12.4 Å². The Balaban J connectivity index is 1.87. The fourth-order valence-corrected chi connectivity index (χ4v) is 4.32. The van der Waals surface area contributed by atoms with Gasteiger partial charge in [-0.05, 0) is 67.6 Å². The summed E-state index contributed by atoms with van der Waals surface area (Å²) in [6, 6.07) is 17.0. The van der Waals surface area contributed by atoms with E-state index in [1.807, 2.05) is 6.92 Å². The van der Waals surface area contributed by atoms with Crippen LogP contribution >= 0.6 is 0 Å². The van der Waals surface area contributed by atoms with Crippen LogP contribution in [0, 0.1) is 12.7 Å². The largest absolute Gasteiger partial charge is 0.465 e. The smallest absolute Gasteiger partial charge is 0.337 e. The molecular weight excluding hydrogens is 435 g/mol. The zero-order valence-electron chi connectivity index (χ0n) is 17.4. The molecule has 0 aliphatic carbocycles. The Hall–Kier alpha value is -3.72. The number of sulfonamides is 1. The minimum atomic E-state index is -4.15. The third kappa shape index (κ3) is 5.30. The van der Waals surface area contributed by atoms with E-state index in [1.54, 1.807) is 24.3 Å². The molecule has 0 bridgehead atoms. The summed E-state index contributed by atoms with van der Waals surface area (Å²) in [6.07, 6.45) is 0. The van der Waals surface area contributed by atoms with Crippen LogP contribution in [0.25, 0.3) is 0 Å². The number of halogens is 1. The van der Waals surface area contributed by atoms with E-state index in [1.165, 1.54) is 31.4 Å². The molecule has 0 aliphatic rings. The molecular formula is C23H21FN2O5S. The van der Waals surface area contributed by atoms with E-state index in [-0.39, 0.29) is 10.6 Å². The molecule has 3 aromatic carbocycles. The molecule has 1 amide bonds. The van der Waals surface area contributed by atoms with Gasteiger partial charge in [0.2, 0.25) is 5.91 Å². The van der Waals surface area contributed by atoms with Crippen LogP contribution in [0.15, 0.2) is 77.7 Å². The second-order valence-corrected chi connectivity index (χ2v) is 8.78. The van der Waals surface area contributed by atoms with Gasteiger partial charge in [-0.25, -0.2) is 17.6 Å². The number of rotatable bonds is 7. The minimum Gasteiger partial charge on any atom is -0.465 e. The lowest BCUT2D eigenvalue weighted by Gasteiger charge is -2.24. The summed E-state index contributed by atoms with van der Waals surface area (Å²) in [4.78, 5) is 24.1. The highest BCUT2D eigenvalue weighted by Gasteiger charge is 2.27. The molecule has 0 unspecified atom stereocenters. The van der Waals surface area contributed by atoms with Crippen molar-refractivity contribution in [3.05, 3.63) is 89.7 Å². The van der Waals surface area contributed by atoms with E-state index in [9.17, 15) is 22.4 Å². The monoisotopic (exact) mass is 456 g/mol. The van der Waals surface area contributed by atoms with Gasteiger partial charge in [-0.3, -0.25) is 9.10 Å². The lowest BCUT2D eigenvalue weighted by Crippen LogP contribution is -2.38. The predicted octanol–water partition coefficient (Wildman–Crippen LogP) is 3.75. The van der Waals surface area contributed by atoms with Crippen molar-refractivity contribution in [2.75, 3.05) is 23.3 Å². The summed E-state index contributed by atoms with van der Waals surface area (Å²) < 4.78 is 45.4. The summed E-state index contributed by atoms with van der Waals surface area (Å²) in [7, 11) is -2.88. The number of nitrogens with zero attached hydrogens (tertiary/aromatic N) is 1. The Bertz CT molecular complexity index is 1210. The van der Waals surface area contributed by atoms with Crippen LogP contribution in [-0.4, -0.2) is 33.9 Å². The second-order valence-electron chi connectivity index (χ2n) is 6.92. The van der Waals surface area contributed by atoms with Crippen molar-refractivity contribution in [3.8, 4) is 0 Å². The maximum absolute atomic E-state index is 13.3. The Kier molecular flexibility index (Phi) is 6.89. The molecule has 0 radical (unpaired) electrons. The first-order valence-corrected chi connectivity index (χ1v) is 11.0. The van der Waals surface area contributed by atoms with Gasteiger partial charge < -0.3 is 10.1 Å². The lowest BCUT2D eigenvalue weighted by molar-refractivity contribution is -0.114. The van der Waals surface area contributed by atoms with Crippen LogP contribution in [0.5, 0.6) is 0 Å². The van der Waals surface area contributed by atoms with Crippen LogP contribution in [0.2, 0.25) is 0 Å². The maximum atomic E-state index is 13.3. The number of aryl methyl sites for hydroxylation is 1. The van der Waals surface area contributed by atoms with Crippen molar-refractivity contribution >= 4 is 33.3 Å². The molecule has 0 spiro atoms. The molecule has 0 saturated heterocycles. The molecule has 0 aliphatic heterocycles. The number of carbonyl (C=O) groups excluding carboxylic acids is 2. The fourth-order valence-electron chi connectivity index (χ4n) is 2.90. The molecule has 9 heteroatoms. The normalized spacial score (nSPS) is 11.0. The Morgan fingerprint density at radius 3 is 2.09 bits per heavy atom. The van der Waals surface area contributed by atoms with Gasteiger partial charge in [-0.15, -0.1) is 0 Å². The number of methoxy groups -OCH3 is 1. The van der Waals surface area contributed by atoms with Gasteiger partial charge in [-0.1, -0.05) is 17.7 Å². The summed E-state index contributed by atoms with van der Waals surface area (Å²) in [5.74, 6) is -1.68. The van der Waals surface area contributed by atoms with Gasteiger partial charge in [0, 0.05) is 5.69 Å². The number of amides is 1. The van der Waals surface area contributed by atoms with Crippen molar-refractivity contribution in [2.24, 2.45) is 0 Å². The summed E-state index contributed by atoms with van der Waals surface area (Å²) in [5, 5.41) is 2.61. The predicted molar refractivity (Wildman–Crippen MR) is 119 cm³/mol. The first-order chi connectivity index (χ1) is 15.2. The van der Waals surface area contributed by atoms with Gasteiger partial charge in [-0.2, -0.15) is 0 Å². The van der Waals surface area contributed by atoms with Crippen molar-refractivity contribution in [2.45, 2.75) is 11.8 Å². The summed E-state index contributed by atoms with van der Waals surface area (Å²) in [6.45, 7) is 1.34. The molecule has 32 heavy (non-hydrogen) atoms. The first kappa shape index (κ1) is 23.0. The Morgan fingerprint density at radius 1 is 0.938 bits per heavy atom.